The highest BCUT2D eigenvalue weighted by molar-refractivity contribution is 5.24. The Balaban J connectivity index is 1.73. The lowest BCUT2D eigenvalue weighted by atomic mass is 9.89. The quantitative estimate of drug-likeness (QED) is 0.921. The molecule has 0 aliphatic carbocycles. The fourth-order valence-corrected chi connectivity index (χ4v) is 2.81. The normalized spacial score (nSPS) is 23.9. The number of nitrogens with one attached hydrogen (secondary N) is 1. The average Bonchev–Trinajstić information content (AvgIpc) is 2.85. The summed E-state index contributed by atoms with van der Waals surface area (Å²) in [6.45, 7) is 7.70. The first kappa shape index (κ1) is 13.3. The highest BCUT2D eigenvalue weighted by atomic mass is 16.5. The molecule has 20 heavy (non-hydrogen) atoms. The van der Waals surface area contributed by atoms with E-state index >= 15 is 0 Å². The first-order valence-corrected chi connectivity index (χ1v) is 6.98. The summed E-state index contributed by atoms with van der Waals surface area (Å²) >= 11 is 0. The monoisotopic (exact) mass is 272 g/mol. The third-order valence-corrected chi connectivity index (χ3v) is 3.83. The Kier molecular flexibility index (Phi) is 3.54. The number of hydrogen-bond acceptors (Lipinski definition) is 5. The van der Waals surface area contributed by atoms with Crippen LogP contribution in [0.5, 0.6) is 0 Å². The molecule has 1 N–H and O–H groups in total. The second kappa shape index (κ2) is 5.34. The van der Waals surface area contributed by atoms with Crippen molar-refractivity contribution < 1.29 is 4.52 Å². The van der Waals surface area contributed by atoms with Gasteiger partial charge in [-0.15, -0.1) is 0 Å². The van der Waals surface area contributed by atoms with Crippen molar-refractivity contribution in [3.8, 4) is 0 Å². The summed E-state index contributed by atoms with van der Waals surface area (Å²) in [5, 5.41) is 7.61. The molecule has 1 saturated heterocycles. The van der Waals surface area contributed by atoms with E-state index in [1.54, 1.807) is 0 Å². The Labute approximate surface area is 119 Å². The van der Waals surface area contributed by atoms with Gasteiger partial charge in [-0.25, -0.2) is 0 Å². The minimum absolute atomic E-state index is 0.0295. The Bertz CT molecular complexity index is 568. The van der Waals surface area contributed by atoms with Crippen LogP contribution in [0.4, 0.5) is 0 Å². The van der Waals surface area contributed by atoms with Crippen LogP contribution in [-0.4, -0.2) is 34.7 Å². The van der Waals surface area contributed by atoms with Crippen LogP contribution in [0, 0.1) is 6.92 Å². The summed E-state index contributed by atoms with van der Waals surface area (Å²) < 4.78 is 5.04. The Hall–Kier alpha value is -1.72. The van der Waals surface area contributed by atoms with Crippen LogP contribution >= 0.6 is 0 Å². The van der Waals surface area contributed by atoms with Crippen LogP contribution in [0.3, 0.4) is 0 Å². The lowest BCUT2D eigenvalue weighted by Crippen LogP contribution is -2.56. The summed E-state index contributed by atoms with van der Waals surface area (Å²) in [4.78, 5) is 6.65. The van der Waals surface area contributed by atoms with E-state index in [1.807, 2.05) is 6.92 Å². The van der Waals surface area contributed by atoms with Crippen molar-refractivity contribution >= 4 is 0 Å². The number of hydrogen-bond donors (Lipinski definition) is 1. The van der Waals surface area contributed by atoms with E-state index in [1.165, 1.54) is 5.56 Å². The third kappa shape index (κ3) is 2.73. The van der Waals surface area contributed by atoms with Crippen molar-refractivity contribution in [3.63, 3.8) is 0 Å². The standard InChI is InChI=1S/C15H20N4O/c1-12-17-14(18-20-12)10-19-9-8-16-15(2,11-19)13-6-4-3-5-7-13/h3-7,16H,8-11H2,1-2H3. The SMILES string of the molecule is Cc1nc(CN2CCNC(C)(c3ccccc3)C2)no1. The molecule has 0 amide bonds. The molecule has 1 aromatic carbocycles. The van der Waals surface area contributed by atoms with Crippen molar-refractivity contribution in [2.24, 2.45) is 0 Å². The molecular weight excluding hydrogens is 252 g/mol. The molecule has 1 unspecified atom stereocenters. The lowest BCUT2D eigenvalue weighted by Gasteiger charge is -2.41. The number of aryl methyl sites for hydroxylation is 1. The van der Waals surface area contributed by atoms with Crippen LogP contribution in [0.15, 0.2) is 34.9 Å². The first-order chi connectivity index (χ1) is 9.66. The second-order valence-corrected chi connectivity index (χ2v) is 5.57. The molecule has 5 heteroatoms. The highest BCUT2D eigenvalue weighted by Crippen LogP contribution is 2.24. The van der Waals surface area contributed by atoms with Gasteiger partial charge in [0.2, 0.25) is 5.89 Å². The van der Waals surface area contributed by atoms with E-state index in [4.69, 9.17) is 4.52 Å². The van der Waals surface area contributed by atoms with Crippen molar-refractivity contribution in [2.75, 3.05) is 19.6 Å². The molecular formula is C15H20N4O. The molecule has 1 aromatic heterocycles. The summed E-state index contributed by atoms with van der Waals surface area (Å²) in [7, 11) is 0. The molecule has 2 heterocycles. The van der Waals surface area contributed by atoms with Gasteiger partial charge in [-0.05, 0) is 12.5 Å². The van der Waals surface area contributed by atoms with Gasteiger partial charge < -0.3 is 9.84 Å². The predicted octanol–water partition coefficient (Wildman–Crippen LogP) is 1.70. The molecule has 1 aliphatic heterocycles. The summed E-state index contributed by atoms with van der Waals surface area (Å²) in [6.07, 6.45) is 0. The first-order valence-electron chi connectivity index (χ1n) is 6.98. The molecule has 0 spiro atoms. The third-order valence-electron chi connectivity index (χ3n) is 3.83. The Morgan fingerprint density at radius 3 is 2.85 bits per heavy atom. The molecule has 0 saturated carbocycles. The van der Waals surface area contributed by atoms with Crippen molar-refractivity contribution in [1.82, 2.24) is 20.4 Å². The molecule has 0 radical (unpaired) electrons. The zero-order chi connectivity index (χ0) is 14.0. The minimum Gasteiger partial charge on any atom is -0.340 e. The number of aromatic nitrogens is 2. The largest absolute Gasteiger partial charge is 0.340 e. The maximum absolute atomic E-state index is 5.04. The second-order valence-electron chi connectivity index (χ2n) is 5.57. The van der Waals surface area contributed by atoms with E-state index in [0.29, 0.717) is 5.89 Å². The Morgan fingerprint density at radius 1 is 1.35 bits per heavy atom. The van der Waals surface area contributed by atoms with Crippen LogP contribution in [0.1, 0.15) is 24.2 Å². The zero-order valence-electron chi connectivity index (χ0n) is 12.0. The predicted molar refractivity (Wildman–Crippen MR) is 76.1 cm³/mol. The topological polar surface area (TPSA) is 54.2 Å². The maximum atomic E-state index is 5.04. The summed E-state index contributed by atoms with van der Waals surface area (Å²) in [6, 6.07) is 10.6. The number of nitrogens with zero attached hydrogens (tertiary/aromatic N) is 3. The summed E-state index contributed by atoms with van der Waals surface area (Å²) in [5.41, 5.74) is 1.28. The highest BCUT2D eigenvalue weighted by Gasteiger charge is 2.32. The van der Waals surface area contributed by atoms with Crippen LogP contribution < -0.4 is 5.32 Å². The van der Waals surface area contributed by atoms with Gasteiger partial charge in [0.25, 0.3) is 0 Å². The van der Waals surface area contributed by atoms with Gasteiger partial charge in [0.05, 0.1) is 12.1 Å². The molecule has 1 atom stereocenters. The summed E-state index contributed by atoms with van der Waals surface area (Å²) in [5.74, 6) is 1.39. The van der Waals surface area contributed by atoms with Crippen molar-refractivity contribution in [3.05, 3.63) is 47.6 Å². The molecule has 1 aliphatic rings. The van der Waals surface area contributed by atoms with E-state index < -0.39 is 0 Å². The van der Waals surface area contributed by atoms with Gasteiger partial charge >= 0.3 is 0 Å². The van der Waals surface area contributed by atoms with Crippen molar-refractivity contribution in [1.29, 1.82) is 0 Å². The molecule has 2 aromatic rings. The lowest BCUT2D eigenvalue weighted by molar-refractivity contribution is 0.132. The fraction of sp³-hybridized carbons (Fsp3) is 0.467. The minimum atomic E-state index is -0.0295. The van der Waals surface area contributed by atoms with Crippen molar-refractivity contribution in [2.45, 2.75) is 25.9 Å². The molecule has 0 bridgehead atoms. The van der Waals surface area contributed by atoms with Crippen LogP contribution in [-0.2, 0) is 12.1 Å². The zero-order valence-corrected chi connectivity index (χ0v) is 12.0. The van der Waals surface area contributed by atoms with E-state index in [2.05, 4.69) is 57.6 Å². The number of benzene rings is 1. The van der Waals surface area contributed by atoms with Gasteiger partial charge in [0.15, 0.2) is 5.82 Å². The molecule has 106 valence electrons. The maximum Gasteiger partial charge on any atom is 0.223 e. The van der Waals surface area contributed by atoms with E-state index in [9.17, 15) is 0 Å². The Morgan fingerprint density at radius 2 is 2.15 bits per heavy atom. The van der Waals surface area contributed by atoms with Gasteiger partial charge in [0, 0.05) is 26.6 Å². The number of piperazine rings is 1. The van der Waals surface area contributed by atoms with Gasteiger partial charge in [-0.2, -0.15) is 4.98 Å². The van der Waals surface area contributed by atoms with Crippen LogP contribution in [0.2, 0.25) is 0 Å². The number of rotatable bonds is 3. The van der Waals surface area contributed by atoms with Crippen LogP contribution in [0.25, 0.3) is 0 Å². The molecule has 1 fully saturated rings. The molecule has 3 rings (SSSR count). The smallest absolute Gasteiger partial charge is 0.223 e. The van der Waals surface area contributed by atoms with Gasteiger partial charge in [0.1, 0.15) is 0 Å². The fourth-order valence-electron chi connectivity index (χ4n) is 2.81. The van der Waals surface area contributed by atoms with Gasteiger partial charge in [-0.3, -0.25) is 4.90 Å². The van der Waals surface area contributed by atoms with E-state index in [-0.39, 0.29) is 5.54 Å². The van der Waals surface area contributed by atoms with Gasteiger partial charge in [-0.1, -0.05) is 35.5 Å². The average molecular weight is 272 g/mol. The molecule has 5 nitrogen and oxygen atoms in total. The van der Waals surface area contributed by atoms with E-state index in [0.717, 1.165) is 32.0 Å².